The Morgan fingerprint density at radius 3 is 1.63 bits per heavy atom. The molecule has 2 aliphatic carbocycles. The van der Waals surface area contributed by atoms with E-state index in [4.69, 9.17) is 0 Å². The summed E-state index contributed by atoms with van der Waals surface area (Å²) in [5.74, 6) is 0. The molecule has 0 amide bonds. The van der Waals surface area contributed by atoms with Crippen molar-refractivity contribution in [2.45, 2.75) is 64.7 Å². The molecule has 7 aromatic rings. The molecule has 9 rings (SSSR count). The van der Waals surface area contributed by atoms with Gasteiger partial charge in [0.25, 0.3) is 0 Å². The van der Waals surface area contributed by atoms with Crippen molar-refractivity contribution in [1.29, 1.82) is 0 Å². The van der Waals surface area contributed by atoms with Crippen molar-refractivity contribution in [3.63, 3.8) is 0 Å². The van der Waals surface area contributed by atoms with E-state index in [0.29, 0.717) is 0 Å². The summed E-state index contributed by atoms with van der Waals surface area (Å²) >= 11 is 0. The van der Waals surface area contributed by atoms with Gasteiger partial charge in [-0.15, -0.1) is 0 Å². The van der Waals surface area contributed by atoms with Crippen LogP contribution in [0.15, 0.2) is 146 Å². The molecule has 0 bridgehead atoms. The van der Waals surface area contributed by atoms with Crippen molar-refractivity contribution in [3.8, 4) is 33.4 Å². The van der Waals surface area contributed by atoms with E-state index < -0.39 is 0 Å². The van der Waals surface area contributed by atoms with Crippen molar-refractivity contribution in [2.24, 2.45) is 0 Å². The smallest absolute Gasteiger partial charge is 0.0546 e. The molecule has 51 heavy (non-hydrogen) atoms. The maximum absolute atomic E-state index is 2.49. The van der Waals surface area contributed by atoms with E-state index in [1.807, 2.05) is 0 Å². The van der Waals surface area contributed by atoms with Crippen LogP contribution in [0.2, 0.25) is 0 Å². The molecule has 1 nitrogen and oxygen atoms in total. The van der Waals surface area contributed by atoms with Crippen LogP contribution in [0.3, 0.4) is 0 Å². The summed E-state index contributed by atoms with van der Waals surface area (Å²) in [5, 5.41) is 2.49. The second-order valence-electron chi connectivity index (χ2n) is 16.6. The van der Waals surface area contributed by atoms with Gasteiger partial charge in [-0.3, -0.25) is 0 Å². The molecule has 0 spiro atoms. The molecule has 0 unspecified atom stereocenters. The molecule has 2 aliphatic rings. The monoisotopic (exact) mass is 659 g/mol. The third-order valence-electron chi connectivity index (χ3n) is 11.8. The second-order valence-corrected chi connectivity index (χ2v) is 16.6. The van der Waals surface area contributed by atoms with E-state index in [2.05, 4.69) is 199 Å². The van der Waals surface area contributed by atoms with Crippen molar-refractivity contribution in [2.75, 3.05) is 4.90 Å². The highest BCUT2D eigenvalue weighted by Crippen LogP contribution is 2.53. The van der Waals surface area contributed by atoms with Gasteiger partial charge in [0.15, 0.2) is 0 Å². The molecule has 0 fully saturated rings. The van der Waals surface area contributed by atoms with Crippen LogP contribution in [-0.4, -0.2) is 0 Å². The maximum atomic E-state index is 2.49. The minimum absolute atomic E-state index is 0.0403. The van der Waals surface area contributed by atoms with E-state index in [-0.39, 0.29) is 16.2 Å². The van der Waals surface area contributed by atoms with E-state index in [9.17, 15) is 0 Å². The first kappa shape index (κ1) is 31.6. The summed E-state index contributed by atoms with van der Waals surface area (Å²) in [4.78, 5) is 2.49. The minimum Gasteiger partial charge on any atom is -0.310 e. The number of hydrogen-bond acceptors (Lipinski definition) is 1. The molecule has 0 aromatic heterocycles. The lowest BCUT2D eigenvalue weighted by atomic mass is 9.82. The number of anilines is 3. The molecule has 1 heteroatoms. The van der Waals surface area contributed by atoms with Crippen LogP contribution in [0.4, 0.5) is 17.1 Å². The topological polar surface area (TPSA) is 3.24 Å². The highest BCUT2D eigenvalue weighted by atomic mass is 15.1. The van der Waals surface area contributed by atoms with Crippen LogP contribution in [0, 0.1) is 0 Å². The fourth-order valence-corrected chi connectivity index (χ4v) is 9.01. The zero-order valence-electron chi connectivity index (χ0n) is 30.8. The van der Waals surface area contributed by atoms with Gasteiger partial charge in [0.05, 0.1) is 5.69 Å². The lowest BCUT2D eigenvalue weighted by Crippen LogP contribution is -2.16. The van der Waals surface area contributed by atoms with E-state index in [1.54, 1.807) is 0 Å². The van der Waals surface area contributed by atoms with Crippen LogP contribution in [0.5, 0.6) is 0 Å². The Balaban J connectivity index is 1.31. The summed E-state index contributed by atoms with van der Waals surface area (Å²) in [6.07, 6.45) is 0. The molecule has 0 heterocycles. The largest absolute Gasteiger partial charge is 0.310 e. The first-order chi connectivity index (χ1) is 24.4. The summed E-state index contributed by atoms with van der Waals surface area (Å²) < 4.78 is 0. The molecular weight excluding hydrogens is 615 g/mol. The molecule has 0 saturated carbocycles. The molecule has 0 N–H and O–H groups in total. The lowest BCUT2D eigenvalue weighted by molar-refractivity contribution is 0.590. The Kier molecular flexibility index (Phi) is 6.84. The Morgan fingerprint density at radius 1 is 0.451 bits per heavy atom. The Labute approximate surface area is 303 Å². The lowest BCUT2D eigenvalue weighted by Gasteiger charge is -2.30. The van der Waals surface area contributed by atoms with Gasteiger partial charge < -0.3 is 4.90 Å². The molecule has 250 valence electrons. The number of hydrogen-bond donors (Lipinski definition) is 0. The molecular formula is C50H45N. The molecule has 0 radical (unpaired) electrons. The van der Waals surface area contributed by atoms with Crippen LogP contribution < -0.4 is 4.90 Å². The highest BCUT2D eigenvalue weighted by molar-refractivity contribution is 6.06. The fourth-order valence-electron chi connectivity index (χ4n) is 9.01. The molecule has 0 aliphatic heterocycles. The van der Waals surface area contributed by atoms with Crippen LogP contribution in [0.1, 0.15) is 76.3 Å². The van der Waals surface area contributed by atoms with E-state index >= 15 is 0 Å². The van der Waals surface area contributed by atoms with Crippen LogP contribution in [0.25, 0.3) is 44.2 Å². The zero-order chi connectivity index (χ0) is 35.3. The van der Waals surface area contributed by atoms with Crippen molar-refractivity contribution >= 4 is 27.8 Å². The average Bonchev–Trinajstić information content (AvgIpc) is 3.50. The van der Waals surface area contributed by atoms with Gasteiger partial charge in [-0.2, -0.15) is 0 Å². The molecule has 7 aromatic carbocycles. The third kappa shape index (κ3) is 4.75. The Hall–Kier alpha value is -5.40. The number of benzene rings is 7. The second kappa shape index (κ2) is 11.0. The zero-order valence-corrected chi connectivity index (χ0v) is 30.8. The molecule has 0 saturated heterocycles. The fraction of sp³-hybridized carbons (Fsp3) is 0.200. The van der Waals surface area contributed by atoms with Gasteiger partial charge >= 0.3 is 0 Å². The van der Waals surface area contributed by atoms with Gasteiger partial charge in [0.1, 0.15) is 0 Å². The summed E-state index contributed by atoms with van der Waals surface area (Å²) in [6, 6.07) is 55.0. The number of rotatable bonds is 4. The van der Waals surface area contributed by atoms with Crippen molar-refractivity contribution in [1.82, 2.24) is 0 Å². The normalized spacial score (nSPS) is 14.9. The van der Waals surface area contributed by atoms with Crippen molar-refractivity contribution in [3.05, 3.63) is 173 Å². The predicted molar refractivity (Wildman–Crippen MR) is 218 cm³/mol. The van der Waals surface area contributed by atoms with Gasteiger partial charge in [-0.1, -0.05) is 158 Å². The predicted octanol–water partition coefficient (Wildman–Crippen LogP) is 13.9. The van der Waals surface area contributed by atoms with Gasteiger partial charge in [0, 0.05) is 27.8 Å². The van der Waals surface area contributed by atoms with E-state index in [0.717, 1.165) is 11.4 Å². The summed E-state index contributed by atoms with van der Waals surface area (Å²) in [5.41, 5.74) is 18.2. The average molecular weight is 660 g/mol. The van der Waals surface area contributed by atoms with Gasteiger partial charge in [-0.05, 0) is 108 Å². The van der Waals surface area contributed by atoms with Crippen LogP contribution in [-0.2, 0) is 16.2 Å². The van der Waals surface area contributed by atoms with Crippen LogP contribution >= 0.6 is 0 Å². The highest BCUT2D eigenvalue weighted by Gasteiger charge is 2.37. The third-order valence-corrected chi connectivity index (χ3v) is 11.8. The first-order valence-corrected chi connectivity index (χ1v) is 18.4. The SMILES string of the molecule is CC(C)(C)c1ccc(N(c2ccc3c(c2)-c2ccccc2C3(C)C)c2ccc3ccccc3c2-c2ccc3c(c2)-c2ccccc2C3(C)C)cc1. The quantitative estimate of drug-likeness (QED) is 0.182. The standard InChI is InChI=1S/C50H45N/c1-48(2,3)34-22-24-35(25-23-34)51(36-26-28-45-41(31-36)39-17-11-13-19-43(39)50(45,6)7)46-29-21-32-14-8-9-15-37(32)47(46)33-20-27-44-40(30-33)38-16-10-12-18-42(38)49(44,4)5/h8-31H,1-7H3. The maximum Gasteiger partial charge on any atom is 0.0546 e. The first-order valence-electron chi connectivity index (χ1n) is 18.4. The van der Waals surface area contributed by atoms with Crippen molar-refractivity contribution < 1.29 is 0 Å². The molecule has 0 atom stereocenters. The summed E-state index contributed by atoms with van der Waals surface area (Å²) in [6.45, 7) is 16.3. The number of nitrogens with zero attached hydrogens (tertiary/aromatic N) is 1. The van der Waals surface area contributed by atoms with Gasteiger partial charge in [-0.25, -0.2) is 0 Å². The van der Waals surface area contributed by atoms with Gasteiger partial charge in [0.2, 0.25) is 0 Å². The van der Waals surface area contributed by atoms with E-state index in [1.165, 1.54) is 77.7 Å². The summed E-state index contributed by atoms with van der Waals surface area (Å²) in [7, 11) is 0. The Morgan fingerprint density at radius 2 is 0.980 bits per heavy atom. The Bertz CT molecular complexity index is 2500. The number of fused-ring (bicyclic) bond motifs is 7. The minimum atomic E-state index is -0.0494.